The van der Waals surface area contributed by atoms with Gasteiger partial charge in [0.1, 0.15) is 5.15 Å². The van der Waals surface area contributed by atoms with E-state index in [1.165, 1.54) is 0 Å². The van der Waals surface area contributed by atoms with Gasteiger partial charge in [-0.25, -0.2) is 4.98 Å². The van der Waals surface area contributed by atoms with Gasteiger partial charge >= 0.3 is 5.32 Å². The van der Waals surface area contributed by atoms with E-state index in [1.54, 1.807) is 12.3 Å². The molecule has 0 aromatic carbocycles. The van der Waals surface area contributed by atoms with Gasteiger partial charge in [-0.05, 0) is 23.8 Å². The molecule has 0 aliphatic carbocycles. The highest BCUT2D eigenvalue weighted by Gasteiger charge is 2.29. The van der Waals surface area contributed by atoms with Gasteiger partial charge < -0.3 is 4.57 Å². The summed E-state index contributed by atoms with van der Waals surface area (Å²) in [6.45, 7) is 0.603. The molecule has 0 unspecified atom stereocenters. The number of pyridine rings is 2. The van der Waals surface area contributed by atoms with E-state index in [0.717, 1.165) is 5.56 Å². The molecule has 19 heavy (non-hydrogen) atoms. The van der Waals surface area contributed by atoms with Crippen molar-refractivity contribution in [2.45, 2.75) is 6.54 Å². The van der Waals surface area contributed by atoms with Crippen LogP contribution in [-0.4, -0.2) is 9.55 Å². The summed E-state index contributed by atoms with van der Waals surface area (Å²) in [5, 5.41) is -2.10. The standard InChI is InChI=1S/C11H10Cl3N3PS/c12-10-5-4-9(7-15-10)8-17-6-2-1-3-11(17)16-18(13,14)19/h1-7,19H,8H2/q+1/b16-11+. The Morgan fingerprint density at radius 3 is 2.68 bits per heavy atom. The Labute approximate surface area is 131 Å². The van der Waals surface area contributed by atoms with Gasteiger partial charge in [-0.3, -0.25) is 0 Å². The number of halogens is 3. The van der Waals surface area contributed by atoms with Crippen molar-refractivity contribution in [1.82, 2.24) is 9.55 Å². The minimum Gasteiger partial charge on any atom is -0.326 e. The summed E-state index contributed by atoms with van der Waals surface area (Å²) in [5.41, 5.74) is 1.68. The van der Waals surface area contributed by atoms with Crippen molar-refractivity contribution in [3.63, 3.8) is 0 Å². The van der Waals surface area contributed by atoms with Crippen molar-refractivity contribution in [3.8, 4) is 0 Å². The molecule has 2 aromatic heterocycles. The van der Waals surface area contributed by atoms with Gasteiger partial charge in [-0.1, -0.05) is 28.5 Å². The molecule has 0 saturated heterocycles. The molecule has 100 valence electrons. The number of hydrogen-bond acceptors (Lipinski definition) is 3. The molecule has 0 saturated carbocycles. The van der Waals surface area contributed by atoms with Crippen LogP contribution < -0.4 is 5.49 Å². The third-order valence-electron chi connectivity index (χ3n) is 2.28. The Balaban J connectivity index is 2.36. The van der Waals surface area contributed by atoms with Crippen molar-refractivity contribution >= 4 is 51.7 Å². The van der Waals surface area contributed by atoms with E-state index in [-0.39, 0.29) is 0 Å². The van der Waals surface area contributed by atoms with Crippen LogP contribution in [0.15, 0.2) is 47.5 Å². The van der Waals surface area contributed by atoms with Gasteiger partial charge in [0.15, 0.2) is 28.0 Å². The Hall–Kier alpha value is -0.250. The first-order valence-corrected chi connectivity index (χ1v) is 10.4. The van der Waals surface area contributed by atoms with Gasteiger partial charge in [0.05, 0.1) is 18.8 Å². The minimum absolute atomic E-state index is 0.466. The Morgan fingerprint density at radius 2 is 2.05 bits per heavy atom. The zero-order valence-corrected chi connectivity index (χ0v) is 13.7. The number of aromatic nitrogens is 2. The van der Waals surface area contributed by atoms with Gasteiger partial charge in [-0.15, -0.1) is 0 Å². The maximum absolute atomic E-state index is 5.89. The summed E-state index contributed by atoms with van der Waals surface area (Å²) in [4.78, 5) is 4.04. The Morgan fingerprint density at radius 1 is 1.26 bits per heavy atom. The molecule has 0 atom stereocenters. The first-order valence-electron chi connectivity index (χ1n) is 5.27. The summed E-state index contributed by atoms with van der Waals surface area (Å²) in [5.74, 6) is 0. The molecular weight excluding hydrogens is 344 g/mol. The van der Waals surface area contributed by atoms with Crippen LogP contribution in [-0.2, 0) is 6.54 Å². The van der Waals surface area contributed by atoms with Gasteiger partial charge in [-0.2, -0.15) is 0 Å². The Kier molecular flexibility index (Phi) is 5.15. The summed E-state index contributed by atoms with van der Waals surface area (Å²) in [6.07, 6.45) is 3.61. The fourth-order valence-electron chi connectivity index (χ4n) is 1.51. The molecule has 0 amide bonds. The number of nitrogens with zero attached hydrogens (tertiary/aromatic N) is 3. The van der Waals surface area contributed by atoms with E-state index in [4.69, 9.17) is 34.1 Å². The Bertz CT molecular complexity index is 622. The van der Waals surface area contributed by atoms with Crippen LogP contribution in [0.25, 0.3) is 0 Å². The van der Waals surface area contributed by atoms with Crippen molar-refractivity contribution in [1.29, 1.82) is 0 Å². The molecule has 0 aliphatic heterocycles. The van der Waals surface area contributed by atoms with Crippen molar-refractivity contribution < 1.29 is 0 Å². The van der Waals surface area contributed by atoms with E-state index in [0.29, 0.717) is 17.2 Å². The maximum Gasteiger partial charge on any atom is 0.383 e. The third-order valence-corrected chi connectivity index (χ3v) is 3.67. The monoisotopic (exact) mass is 352 g/mol. The van der Waals surface area contributed by atoms with Gasteiger partial charge in [0.2, 0.25) is 0 Å². The molecule has 0 fully saturated rings. The summed E-state index contributed by atoms with van der Waals surface area (Å²) < 4.78 is 6.15. The zero-order chi connectivity index (χ0) is 13.9. The van der Waals surface area contributed by atoms with Crippen LogP contribution in [0.4, 0.5) is 0 Å². The molecule has 8 heteroatoms. The average molecular weight is 354 g/mol. The average Bonchev–Trinajstić information content (AvgIpc) is 2.33. The highest BCUT2D eigenvalue weighted by Crippen LogP contribution is 2.74. The van der Waals surface area contributed by atoms with Crippen molar-refractivity contribution in [2.24, 2.45) is 4.76 Å². The lowest BCUT2D eigenvalue weighted by Crippen LogP contribution is -2.19. The second-order valence-electron chi connectivity index (χ2n) is 3.73. The van der Waals surface area contributed by atoms with Gasteiger partial charge in [0.25, 0.3) is 0 Å². The van der Waals surface area contributed by atoms with Crippen LogP contribution >= 0.6 is 51.7 Å². The molecule has 0 N–H and O–H groups in total. The fraction of sp³-hybridized carbons (Fsp3) is 0.0909. The van der Waals surface area contributed by atoms with E-state index in [9.17, 15) is 0 Å². The maximum atomic E-state index is 5.89. The molecule has 2 heterocycles. The molecule has 0 bridgehead atoms. The fourth-order valence-corrected chi connectivity index (χ4v) is 2.79. The first-order chi connectivity index (χ1) is 8.94. The van der Waals surface area contributed by atoms with E-state index in [2.05, 4.69) is 22.0 Å². The third kappa shape index (κ3) is 4.97. The molecule has 3 nitrogen and oxygen atoms in total. The van der Waals surface area contributed by atoms with Crippen molar-refractivity contribution in [2.75, 3.05) is 0 Å². The highest BCUT2D eigenvalue weighted by atomic mass is 35.9. The molecule has 0 aliphatic rings. The SMILES string of the molecule is S[P+](Cl)(Cl)/N=c1\ccccn1Cc1ccc(Cl)nc1. The minimum atomic E-state index is -2.57. The van der Waals surface area contributed by atoms with Crippen LogP contribution in [0.5, 0.6) is 0 Å². The lowest BCUT2D eigenvalue weighted by Gasteiger charge is -2.06. The van der Waals surface area contributed by atoms with E-state index in [1.807, 2.05) is 35.0 Å². The zero-order valence-electron chi connectivity index (χ0n) is 9.62. The van der Waals surface area contributed by atoms with Crippen molar-refractivity contribution in [3.05, 3.63) is 58.9 Å². The van der Waals surface area contributed by atoms with Crippen LogP contribution in [0.2, 0.25) is 5.15 Å². The van der Waals surface area contributed by atoms with Crippen LogP contribution in [0.1, 0.15) is 5.56 Å². The van der Waals surface area contributed by atoms with Crippen LogP contribution in [0, 0.1) is 0 Å². The van der Waals surface area contributed by atoms with E-state index < -0.39 is 5.32 Å². The number of thiol groups is 1. The second kappa shape index (κ2) is 6.47. The quantitative estimate of drug-likeness (QED) is 0.489. The lowest BCUT2D eigenvalue weighted by atomic mass is 10.3. The summed E-state index contributed by atoms with van der Waals surface area (Å²) >= 11 is 21.6. The predicted octanol–water partition coefficient (Wildman–Crippen LogP) is 4.57. The van der Waals surface area contributed by atoms with Crippen LogP contribution in [0.3, 0.4) is 0 Å². The molecular formula is C11H10Cl3N3PS+. The predicted molar refractivity (Wildman–Crippen MR) is 86.0 cm³/mol. The van der Waals surface area contributed by atoms with E-state index >= 15 is 0 Å². The largest absolute Gasteiger partial charge is 0.383 e. The van der Waals surface area contributed by atoms with Gasteiger partial charge in [0, 0.05) is 12.4 Å². The second-order valence-corrected chi connectivity index (χ2v) is 11.8. The number of rotatable bonds is 3. The summed E-state index contributed by atoms with van der Waals surface area (Å²) in [7, 11) is 0. The topological polar surface area (TPSA) is 30.2 Å². The normalized spacial score (nSPS) is 12.7. The molecule has 2 aromatic rings. The number of hydrogen-bond donors (Lipinski definition) is 1. The highest BCUT2D eigenvalue weighted by molar-refractivity contribution is 8.69. The smallest absolute Gasteiger partial charge is 0.326 e. The summed E-state index contributed by atoms with van der Waals surface area (Å²) in [6, 6.07) is 9.26. The first kappa shape index (κ1) is 15.1. The molecule has 0 radical (unpaired) electrons. The lowest BCUT2D eigenvalue weighted by molar-refractivity contribution is 0.745. The molecule has 2 rings (SSSR count). The molecule has 0 spiro atoms.